The molecule has 0 aliphatic rings. The van der Waals surface area contributed by atoms with Crippen LogP contribution in [-0.2, 0) is 0 Å². The second-order valence-corrected chi connectivity index (χ2v) is 17.7. The summed E-state index contributed by atoms with van der Waals surface area (Å²) in [6, 6.07) is 96.1. The summed E-state index contributed by atoms with van der Waals surface area (Å²) in [5.41, 5.74) is 20.3. The van der Waals surface area contributed by atoms with Gasteiger partial charge in [0.25, 0.3) is 0 Å². The lowest BCUT2D eigenvalue weighted by atomic mass is 9.96. The molecule has 0 unspecified atom stereocenters. The van der Waals surface area contributed by atoms with Crippen molar-refractivity contribution in [1.82, 2.24) is 4.57 Å². The molecule has 0 spiro atoms. The van der Waals surface area contributed by atoms with Gasteiger partial charge in [-0.1, -0.05) is 182 Å². The maximum atomic E-state index is 6.26. The summed E-state index contributed by atoms with van der Waals surface area (Å²) >= 11 is 0. The van der Waals surface area contributed by atoms with Crippen LogP contribution in [0.25, 0.3) is 105 Å². The SMILES string of the molecule is c1ccc(-c2cccc(-c3ccc(N(c4ccc(-c5cccc(-c6cccc7oc8ccccc8c67)c5)cc4)c4ccc(-c5cccc(-n6c7ccccc7c7ccccc76)c5)cc4)cc3)c2)cc1. The van der Waals surface area contributed by atoms with Gasteiger partial charge in [-0.3, -0.25) is 0 Å². The minimum Gasteiger partial charge on any atom is -0.456 e. The van der Waals surface area contributed by atoms with E-state index in [-0.39, 0.29) is 0 Å². The maximum Gasteiger partial charge on any atom is 0.136 e. The molecule has 13 aromatic rings. The van der Waals surface area contributed by atoms with Crippen molar-refractivity contribution >= 4 is 60.8 Å². The summed E-state index contributed by atoms with van der Waals surface area (Å²) in [4.78, 5) is 2.35. The van der Waals surface area contributed by atoms with E-state index >= 15 is 0 Å². The van der Waals surface area contributed by atoms with E-state index in [1.807, 2.05) is 12.1 Å². The molecule has 13 rings (SSSR count). The molecule has 0 N–H and O–H groups in total. The summed E-state index contributed by atoms with van der Waals surface area (Å²) in [5.74, 6) is 0. The van der Waals surface area contributed by atoms with Crippen LogP contribution in [0.15, 0.2) is 271 Å². The number of nitrogens with zero attached hydrogens (tertiary/aromatic N) is 2. The van der Waals surface area contributed by atoms with Crippen molar-refractivity contribution in [3.8, 4) is 61.3 Å². The van der Waals surface area contributed by atoms with Crippen molar-refractivity contribution < 1.29 is 4.42 Å². The fraction of sp³-hybridized carbons (Fsp3) is 0. The number of hydrogen-bond donors (Lipinski definition) is 0. The molecule has 0 bridgehead atoms. The zero-order valence-electron chi connectivity index (χ0n) is 37.7. The molecule has 0 radical (unpaired) electrons. The van der Waals surface area contributed by atoms with E-state index in [0.717, 1.165) is 66.9 Å². The Balaban J connectivity index is 0.861. The van der Waals surface area contributed by atoms with E-state index in [0.29, 0.717) is 0 Å². The topological polar surface area (TPSA) is 21.3 Å². The Labute approximate surface area is 401 Å². The first-order valence-electron chi connectivity index (χ1n) is 23.6. The lowest BCUT2D eigenvalue weighted by Gasteiger charge is -2.26. The van der Waals surface area contributed by atoms with Gasteiger partial charge in [-0.25, -0.2) is 0 Å². The monoisotopic (exact) mass is 880 g/mol. The maximum absolute atomic E-state index is 6.26. The first kappa shape index (κ1) is 40.1. The van der Waals surface area contributed by atoms with Crippen LogP contribution in [0.4, 0.5) is 17.1 Å². The van der Waals surface area contributed by atoms with Crippen LogP contribution in [-0.4, -0.2) is 4.57 Å². The van der Waals surface area contributed by atoms with Crippen molar-refractivity contribution in [2.75, 3.05) is 4.90 Å². The smallest absolute Gasteiger partial charge is 0.136 e. The minimum atomic E-state index is 0.901. The molecule has 3 nitrogen and oxygen atoms in total. The van der Waals surface area contributed by atoms with Crippen LogP contribution >= 0.6 is 0 Å². The van der Waals surface area contributed by atoms with E-state index < -0.39 is 0 Å². The zero-order chi connectivity index (χ0) is 45.7. The molecule has 69 heavy (non-hydrogen) atoms. The Morgan fingerprint density at radius 3 is 1.26 bits per heavy atom. The summed E-state index contributed by atoms with van der Waals surface area (Å²) < 4.78 is 8.64. The average Bonchev–Trinajstić information content (AvgIpc) is 3.98. The van der Waals surface area contributed by atoms with Gasteiger partial charge < -0.3 is 13.9 Å². The fourth-order valence-corrected chi connectivity index (χ4v) is 10.3. The normalized spacial score (nSPS) is 11.5. The Bertz CT molecular complexity index is 3940. The van der Waals surface area contributed by atoms with E-state index in [1.165, 1.54) is 55.2 Å². The third-order valence-corrected chi connectivity index (χ3v) is 13.6. The van der Waals surface area contributed by atoms with Crippen molar-refractivity contribution in [3.05, 3.63) is 267 Å². The van der Waals surface area contributed by atoms with E-state index in [1.54, 1.807) is 0 Å². The quantitative estimate of drug-likeness (QED) is 0.144. The van der Waals surface area contributed by atoms with Gasteiger partial charge >= 0.3 is 0 Å². The minimum absolute atomic E-state index is 0.901. The number of benzene rings is 11. The standard InChI is InChI=1S/C66H44N2O/c1-2-14-45(15-3-1)49-16-10-17-50(42-49)46-30-36-54(37-31-46)67(55-38-32-47(33-39-55)51-18-11-20-53(43-51)58-25-13-29-65-66(58)61-24-6-9-28-64(61)69-65)56-40-34-48(35-41-56)52-19-12-21-57(44-52)68-62-26-7-4-22-59(62)60-23-5-8-27-63(60)68/h1-44H. The number of anilines is 3. The third kappa shape index (κ3) is 7.25. The molecule has 0 aliphatic heterocycles. The number of furan rings is 1. The van der Waals surface area contributed by atoms with Crippen LogP contribution in [0.1, 0.15) is 0 Å². The predicted octanol–water partition coefficient (Wildman–Crippen LogP) is 18.5. The molecular formula is C66H44N2O. The second-order valence-electron chi connectivity index (χ2n) is 17.7. The van der Waals surface area contributed by atoms with Crippen LogP contribution in [0.5, 0.6) is 0 Å². The number of para-hydroxylation sites is 3. The summed E-state index contributed by atoms with van der Waals surface area (Å²) in [5, 5.41) is 4.80. The summed E-state index contributed by atoms with van der Waals surface area (Å²) in [6.07, 6.45) is 0. The third-order valence-electron chi connectivity index (χ3n) is 13.6. The van der Waals surface area contributed by atoms with Crippen molar-refractivity contribution in [2.24, 2.45) is 0 Å². The van der Waals surface area contributed by atoms with Gasteiger partial charge in [0.05, 0.1) is 11.0 Å². The summed E-state index contributed by atoms with van der Waals surface area (Å²) in [6.45, 7) is 0. The lowest BCUT2D eigenvalue weighted by Crippen LogP contribution is -2.09. The highest BCUT2D eigenvalue weighted by Gasteiger charge is 2.17. The van der Waals surface area contributed by atoms with E-state index in [4.69, 9.17) is 4.42 Å². The van der Waals surface area contributed by atoms with Gasteiger partial charge in [-0.2, -0.15) is 0 Å². The molecule has 0 atom stereocenters. The zero-order valence-corrected chi connectivity index (χ0v) is 37.7. The van der Waals surface area contributed by atoms with Gasteiger partial charge in [0.15, 0.2) is 0 Å². The molecule has 0 amide bonds. The predicted molar refractivity (Wildman–Crippen MR) is 290 cm³/mol. The van der Waals surface area contributed by atoms with Crippen molar-refractivity contribution in [3.63, 3.8) is 0 Å². The first-order valence-corrected chi connectivity index (χ1v) is 23.6. The van der Waals surface area contributed by atoms with E-state index in [2.05, 4.69) is 264 Å². The Kier molecular flexibility index (Phi) is 9.84. The molecule has 11 aromatic carbocycles. The molecule has 0 fully saturated rings. The van der Waals surface area contributed by atoms with E-state index in [9.17, 15) is 0 Å². The lowest BCUT2D eigenvalue weighted by molar-refractivity contribution is 0.669. The highest BCUT2D eigenvalue weighted by Crippen LogP contribution is 2.41. The van der Waals surface area contributed by atoms with Crippen LogP contribution in [0.3, 0.4) is 0 Å². The Hall–Kier alpha value is -9.18. The molecule has 2 heterocycles. The molecule has 0 saturated heterocycles. The molecular weight excluding hydrogens is 837 g/mol. The number of hydrogen-bond acceptors (Lipinski definition) is 2. The van der Waals surface area contributed by atoms with Gasteiger partial charge in [0.2, 0.25) is 0 Å². The van der Waals surface area contributed by atoms with Gasteiger partial charge in [0, 0.05) is 44.3 Å². The fourth-order valence-electron chi connectivity index (χ4n) is 10.3. The molecule has 2 aromatic heterocycles. The molecule has 324 valence electrons. The summed E-state index contributed by atoms with van der Waals surface area (Å²) in [7, 11) is 0. The number of fused-ring (bicyclic) bond motifs is 6. The number of aromatic nitrogens is 1. The van der Waals surface area contributed by atoms with Crippen molar-refractivity contribution in [1.29, 1.82) is 0 Å². The second kappa shape index (κ2) is 16.9. The van der Waals surface area contributed by atoms with Crippen molar-refractivity contribution in [2.45, 2.75) is 0 Å². The molecule has 0 saturated carbocycles. The van der Waals surface area contributed by atoms with Gasteiger partial charge in [-0.15, -0.1) is 0 Å². The van der Waals surface area contributed by atoms with Crippen LogP contribution < -0.4 is 4.90 Å². The highest BCUT2D eigenvalue weighted by atomic mass is 16.3. The Morgan fingerprint density at radius 2 is 0.681 bits per heavy atom. The molecule has 0 aliphatic carbocycles. The van der Waals surface area contributed by atoms with Gasteiger partial charge in [0.1, 0.15) is 11.2 Å². The van der Waals surface area contributed by atoms with Crippen LogP contribution in [0, 0.1) is 0 Å². The van der Waals surface area contributed by atoms with Crippen LogP contribution in [0.2, 0.25) is 0 Å². The highest BCUT2D eigenvalue weighted by molar-refractivity contribution is 6.12. The first-order chi connectivity index (χ1) is 34.2. The largest absolute Gasteiger partial charge is 0.456 e. The number of rotatable bonds is 9. The Morgan fingerprint density at radius 1 is 0.275 bits per heavy atom. The van der Waals surface area contributed by atoms with Gasteiger partial charge in [-0.05, 0) is 141 Å². The average molecular weight is 881 g/mol. The molecule has 3 heteroatoms.